The van der Waals surface area contributed by atoms with E-state index in [-0.39, 0.29) is 5.92 Å². The van der Waals surface area contributed by atoms with Gasteiger partial charge in [-0.3, -0.25) is 4.90 Å². The van der Waals surface area contributed by atoms with Crippen LogP contribution < -0.4 is 0 Å². The average molecular weight is 272 g/mol. The van der Waals surface area contributed by atoms with Crippen molar-refractivity contribution in [2.45, 2.75) is 38.1 Å². The molecule has 0 amide bonds. The second-order valence-electron chi connectivity index (χ2n) is 6.72. The summed E-state index contributed by atoms with van der Waals surface area (Å²) in [6.45, 7) is 5.80. The Hall–Kier alpha value is -1.10. The van der Waals surface area contributed by atoms with Gasteiger partial charge in [-0.1, -0.05) is 6.42 Å². The fourth-order valence-electron chi connectivity index (χ4n) is 4.54. The third-order valence-electron chi connectivity index (χ3n) is 5.46. The first kappa shape index (κ1) is 13.9. The molecule has 4 heteroatoms. The Kier molecular flexibility index (Phi) is 4.24. The molecule has 4 atom stereocenters. The van der Waals surface area contributed by atoms with Gasteiger partial charge in [0.05, 0.1) is 18.1 Å². The van der Waals surface area contributed by atoms with Crippen LogP contribution in [-0.2, 0) is 0 Å². The minimum absolute atomic E-state index is 0.0379. The SMILES string of the molecule is N#CCC[C@H](C#N)CN1C[C@@H]2CN3CCCC[C@@H]3[C@H]2C1. The molecule has 0 bridgehead atoms. The number of hydrogen-bond acceptors (Lipinski definition) is 4. The summed E-state index contributed by atoms with van der Waals surface area (Å²) in [5.41, 5.74) is 0. The molecule has 3 rings (SSSR count). The number of nitriles is 2. The van der Waals surface area contributed by atoms with Crippen molar-refractivity contribution in [2.75, 3.05) is 32.7 Å². The summed E-state index contributed by atoms with van der Waals surface area (Å²) < 4.78 is 0. The maximum atomic E-state index is 9.21. The Bertz CT molecular complexity index is 421. The Balaban J connectivity index is 1.53. The molecule has 108 valence electrons. The number of fused-ring (bicyclic) bond motifs is 3. The molecule has 3 saturated heterocycles. The van der Waals surface area contributed by atoms with E-state index in [1.807, 2.05) is 0 Å². The molecule has 0 N–H and O–H groups in total. The van der Waals surface area contributed by atoms with Gasteiger partial charge >= 0.3 is 0 Å². The lowest BCUT2D eigenvalue weighted by atomic mass is 9.90. The molecule has 0 radical (unpaired) electrons. The van der Waals surface area contributed by atoms with E-state index in [0.717, 1.165) is 30.8 Å². The fourth-order valence-corrected chi connectivity index (χ4v) is 4.54. The highest BCUT2D eigenvalue weighted by Crippen LogP contribution is 2.40. The van der Waals surface area contributed by atoms with Crippen LogP contribution >= 0.6 is 0 Å². The van der Waals surface area contributed by atoms with Gasteiger partial charge in [0.25, 0.3) is 0 Å². The second kappa shape index (κ2) is 6.12. The molecular formula is C16H24N4. The topological polar surface area (TPSA) is 54.1 Å². The first-order chi connectivity index (χ1) is 9.81. The summed E-state index contributed by atoms with van der Waals surface area (Å²) in [6.07, 6.45) is 5.40. The lowest BCUT2D eigenvalue weighted by Gasteiger charge is -2.33. The van der Waals surface area contributed by atoms with Crippen molar-refractivity contribution < 1.29 is 0 Å². The zero-order chi connectivity index (χ0) is 13.9. The number of hydrogen-bond donors (Lipinski definition) is 0. The highest BCUT2D eigenvalue weighted by atomic mass is 15.3. The van der Waals surface area contributed by atoms with Gasteiger partial charge in [0.1, 0.15) is 0 Å². The van der Waals surface area contributed by atoms with E-state index in [2.05, 4.69) is 21.9 Å². The van der Waals surface area contributed by atoms with Crippen molar-refractivity contribution in [1.82, 2.24) is 9.80 Å². The van der Waals surface area contributed by atoms with Crippen LogP contribution in [0.4, 0.5) is 0 Å². The third-order valence-corrected chi connectivity index (χ3v) is 5.46. The number of nitrogens with zero attached hydrogens (tertiary/aromatic N) is 4. The van der Waals surface area contributed by atoms with Gasteiger partial charge in [0.2, 0.25) is 0 Å². The van der Waals surface area contributed by atoms with Gasteiger partial charge in [-0.25, -0.2) is 0 Å². The van der Waals surface area contributed by atoms with Crippen LogP contribution in [-0.4, -0.2) is 48.6 Å². The highest BCUT2D eigenvalue weighted by Gasteiger charge is 2.47. The smallest absolute Gasteiger partial charge is 0.0669 e. The molecule has 0 unspecified atom stereocenters. The van der Waals surface area contributed by atoms with E-state index in [1.165, 1.54) is 45.4 Å². The summed E-state index contributed by atoms with van der Waals surface area (Å²) in [6, 6.07) is 5.36. The molecule has 3 aliphatic rings. The summed E-state index contributed by atoms with van der Waals surface area (Å²) >= 11 is 0. The molecular weight excluding hydrogens is 248 g/mol. The minimum Gasteiger partial charge on any atom is -0.301 e. The zero-order valence-corrected chi connectivity index (χ0v) is 12.2. The molecule has 3 fully saturated rings. The summed E-state index contributed by atoms with van der Waals surface area (Å²) in [5, 5.41) is 17.9. The molecule has 3 aliphatic heterocycles. The third kappa shape index (κ3) is 2.68. The van der Waals surface area contributed by atoms with Gasteiger partial charge in [0.15, 0.2) is 0 Å². The van der Waals surface area contributed by atoms with E-state index in [0.29, 0.717) is 6.42 Å². The molecule has 0 saturated carbocycles. The van der Waals surface area contributed by atoms with E-state index >= 15 is 0 Å². The predicted octanol–water partition coefficient (Wildman–Crippen LogP) is 1.85. The van der Waals surface area contributed by atoms with Crippen molar-refractivity contribution in [3.05, 3.63) is 0 Å². The Morgan fingerprint density at radius 3 is 2.85 bits per heavy atom. The summed E-state index contributed by atoms with van der Waals surface area (Å²) in [5.74, 6) is 1.70. The highest BCUT2D eigenvalue weighted by molar-refractivity contribution is 5.01. The predicted molar refractivity (Wildman–Crippen MR) is 76.6 cm³/mol. The van der Waals surface area contributed by atoms with Crippen LogP contribution in [0.1, 0.15) is 32.1 Å². The molecule has 4 nitrogen and oxygen atoms in total. The van der Waals surface area contributed by atoms with Gasteiger partial charge in [0, 0.05) is 38.6 Å². The first-order valence-electron chi connectivity index (χ1n) is 8.04. The van der Waals surface area contributed by atoms with Crippen molar-refractivity contribution >= 4 is 0 Å². The zero-order valence-electron chi connectivity index (χ0n) is 12.2. The second-order valence-corrected chi connectivity index (χ2v) is 6.72. The lowest BCUT2D eigenvalue weighted by Crippen LogP contribution is -2.40. The van der Waals surface area contributed by atoms with Crippen molar-refractivity contribution in [1.29, 1.82) is 10.5 Å². The summed E-state index contributed by atoms with van der Waals surface area (Å²) in [4.78, 5) is 5.21. The molecule has 0 spiro atoms. The minimum atomic E-state index is 0.0379. The Morgan fingerprint density at radius 1 is 1.15 bits per heavy atom. The monoisotopic (exact) mass is 272 g/mol. The maximum absolute atomic E-state index is 9.21. The van der Waals surface area contributed by atoms with Gasteiger partial charge in [-0.2, -0.15) is 10.5 Å². The van der Waals surface area contributed by atoms with Gasteiger partial charge < -0.3 is 4.90 Å². The van der Waals surface area contributed by atoms with Crippen LogP contribution in [0.15, 0.2) is 0 Å². The van der Waals surface area contributed by atoms with Crippen molar-refractivity contribution in [3.63, 3.8) is 0 Å². The van der Waals surface area contributed by atoms with Crippen LogP contribution in [0.3, 0.4) is 0 Å². The van der Waals surface area contributed by atoms with Gasteiger partial charge in [-0.05, 0) is 37.6 Å². The van der Waals surface area contributed by atoms with E-state index < -0.39 is 0 Å². The van der Waals surface area contributed by atoms with E-state index in [9.17, 15) is 5.26 Å². The molecule has 0 aromatic carbocycles. The van der Waals surface area contributed by atoms with Crippen LogP contribution in [0.5, 0.6) is 0 Å². The largest absolute Gasteiger partial charge is 0.301 e. The number of rotatable bonds is 4. The molecule has 20 heavy (non-hydrogen) atoms. The van der Waals surface area contributed by atoms with Crippen LogP contribution in [0.2, 0.25) is 0 Å². The Morgan fingerprint density at radius 2 is 2.05 bits per heavy atom. The van der Waals surface area contributed by atoms with Crippen molar-refractivity contribution in [2.24, 2.45) is 17.8 Å². The number of likely N-dealkylation sites (tertiary alicyclic amines) is 1. The number of piperidine rings is 1. The molecule has 0 aromatic rings. The maximum Gasteiger partial charge on any atom is 0.0669 e. The average Bonchev–Trinajstić information content (AvgIpc) is 3.00. The lowest BCUT2D eigenvalue weighted by molar-refractivity contribution is 0.151. The molecule has 3 heterocycles. The summed E-state index contributed by atoms with van der Waals surface area (Å²) in [7, 11) is 0. The standard InChI is InChI=1S/C16H24N4/c17-6-3-4-13(8-18)9-19-10-14-11-20-7-2-1-5-16(20)15(14)12-19/h13-16H,1-5,7,9-12H2/t13-,14-,15+,16-/m1/s1. The van der Waals surface area contributed by atoms with E-state index in [4.69, 9.17) is 5.26 Å². The fraction of sp³-hybridized carbons (Fsp3) is 0.875. The Labute approximate surface area is 122 Å². The van der Waals surface area contributed by atoms with E-state index in [1.54, 1.807) is 0 Å². The quantitative estimate of drug-likeness (QED) is 0.783. The normalized spacial score (nSPS) is 35.0. The first-order valence-corrected chi connectivity index (χ1v) is 8.04. The molecule has 0 aromatic heterocycles. The molecule has 0 aliphatic carbocycles. The van der Waals surface area contributed by atoms with Crippen LogP contribution in [0.25, 0.3) is 0 Å². The van der Waals surface area contributed by atoms with Crippen LogP contribution in [0, 0.1) is 40.4 Å². The van der Waals surface area contributed by atoms with Gasteiger partial charge in [-0.15, -0.1) is 0 Å². The van der Waals surface area contributed by atoms with Crippen molar-refractivity contribution in [3.8, 4) is 12.1 Å².